The standard InChI is InChI=1S/C20H19ClN2O/c21-16-4-5-17-15(11-16)2-1-8-20(17)12-23-18-10-14(7-9-22)3-6-19(18)24-13-20/h3-6,10-11,23H,1-2,7-8,12-13H2/t20-/m0/s1. The van der Waals surface area contributed by atoms with Crippen LogP contribution in [0.3, 0.4) is 0 Å². The predicted molar refractivity (Wildman–Crippen MR) is 95.8 cm³/mol. The Bertz CT molecular complexity index is 827. The van der Waals surface area contributed by atoms with Crippen molar-refractivity contribution in [2.75, 3.05) is 18.5 Å². The fourth-order valence-electron chi connectivity index (χ4n) is 3.95. The second kappa shape index (κ2) is 6.03. The number of hydrogen-bond acceptors (Lipinski definition) is 3. The van der Waals surface area contributed by atoms with Crippen LogP contribution >= 0.6 is 11.6 Å². The Balaban J connectivity index is 1.68. The third-order valence-electron chi connectivity index (χ3n) is 5.19. The van der Waals surface area contributed by atoms with Crippen LogP contribution < -0.4 is 10.1 Å². The molecule has 2 aliphatic rings. The van der Waals surface area contributed by atoms with Gasteiger partial charge in [-0.25, -0.2) is 0 Å². The zero-order valence-electron chi connectivity index (χ0n) is 13.4. The zero-order chi connectivity index (χ0) is 16.6. The maximum absolute atomic E-state index is 8.90. The molecule has 1 aliphatic heterocycles. The summed E-state index contributed by atoms with van der Waals surface area (Å²) in [4.78, 5) is 0. The molecule has 3 nitrogen and oxygen atoms in total. The Morgan fingerprint density at radius 1 is 1.25 bits per heavy atom. The highest BCUT2D eigenvalue weighted by atomic mass is 35.5. The van der Waals surface area contributed by atoms with Crippen LogP contribution in [-0.2, 0) is 18.3 Å². The minimum absolute atomic E-state index is 0.0212. The first-order chi connectivity index (χ1) is 11.7. The normalized spacial score (nSPS) is 21.7. The number of halogens is 1. The molecule has 1 spiro atoms. The largest absolute Gasteiger partial charge is 0.490 e. The molecular formula is C20H19ClN2O. The van der Waals surface area contributed by atoms with E-state index < -0.39 is 0 Å². The molecule has 1 aliphatic carbocycles. The van der Waals surface area contributed by atoms with Crippen molar-refractivity contribution in [2.24, 2.45) is 0 Å². The minimum atomic E-state index is -0.0212. The molecule has 2 aromatic rings. The molecule has 0 saturated carbocycles. The first kappa shape index (κ1) is 15.4. The zero-order valence-corrected chi connectivity index (χ0v) is 14.2. The lowest BCUT2D eigenvalue weighted by Gasteiger charge is -2.37. The van der Waals surface area contributed by atoms with E-state index >= 15 is 0 Å². The van der Waals surface area contributed by atoms with E-state index in [1.54, 1.807) is 0 Å². The van der Waals surface area contributed by atoms with Gasteiger partial charge in [-0.3, -0.25) is 0 Å². The molecule has 0 fully saturated rings. The summed E-state index contributed by atoms with van der Waals surface area (Å²) in [6, 6.07) is 14.4. The first-order valence-corrected chi connectivity index (χ1v) is 8.73. The van der Waals surface area contributed by atoms with Gasteiger partial charge in [0.05, 0.1) is 24.8 Å². The molecule has 24 heavy (non-hydrogen) atoms. The summed E-state index contributed by atoms with van der Waals surface area (Å²) < 4.78 is 6.18. The number of fused-ring (bicyclic) bond motifs is 3. The quantitative estimate of drug-likeness (QED) is 0.833. The average Bonchev–Trinajstić information content (AvgIpc) is 2.76. The van der Waals surface area contributed by atoms with Crippen LogP contribution in [0.2, 0.25) is 5.02 Å². The maximum Gasteiger partial charge on any atom is 0.142 e. The van der Waals surface area contributed by atoms with Gasteiger partial charge in [-0.15, -0.1) is 0 Å². The fraction of sp³-hybridized carbons (Fsp3) is 0.350. The lowest BCUT2D eigenvalue weighted by Crippen LogP contribution is -2.41. The number of ether oxygens (including phenoxy) is 1. The minimum Gasteiger partial charge on any atom is -0.490 e. The SMILES string of the molecule is N#CCc1ccc2c(c1)NC[C@@]1(CCCc3cc(Cl)ccc31)CO2. The Morgan fingerprint density at radius 2 is 2.17 bits per heavy atom. The molecule has 1 heterocycles. The number of aryl methyl sites for hydroxylation is 1. The molecule has 0 unspecified atom stereocenters. The van der Waals surface area contributed by atoms with Crippen molar-refractivity contribution in [2.45, 2.75) is 31.1 Å². The van der Waals surface area contributed by atoms with Gasteiger partial charge in [-0.1, -0.05) is 23.7 Å². The molecule has 0 saturated heterocycles. The van der Waals surface area contributed by atoms with Gasteiger partial charge in [0.2, 0.25) is 0 Å². The molecule has 0 bridgehead atoms. The van der Waals surface area contributed by atoms with E-state index in [0.717, 1.165) is 47.8 Å². The van der Waals surface area contributed by atoms with Gasteiger partial charge >= 0.3 is 0 Å². The fourth-order valence-corrected chi connectivity index (χ4v) is 4.14. The summed E-state index contributed by atoms with van der Waals surface area (Å²) in [5.41, 5.74) is 4.68. The number of nitrogens with zero attached hydrogens (tertiary/aromatic N) is 1. The number of anilines is 1. The summed E-state index contributed by atoms with van der Waals surface area (Å²) in [7, 11) is 0. The topological polar surface area (TPSA) is 45.0 Å². The van der Waals surface area contributed by atoms with Crippen LogP contribution in [0.1, 0.15) is 29.5 Å². The van der Waals surface area contributed by atoms with E-state index in [1.165, 1.54) is 11.1 Å². The van der Waals surface area contributed by atoms with Crippen LogP contribution in [0.25, 0.3) is 0 Å². The molecule has 2 aromatic carbocycles. The molecule has 1 atom stereocenters. The summed E-state index contributed by atoms with van der Waals surface area (Å²) in [5, 5.41) is 13.3. The van der Waals surface area contributed by atoms with Gasteiger partial charge in [0.15, 0.2) is 0 Å². The molecule has 122 valence electrons. The predicted octanol–water partition coefficient (Wildman–Crippen LogP) is 4.48. The van der Waals surface area contributed by atoms with Gasteiger partial charge in [-0.05, 0) is 60.2 Å². The lowest BCUT2D eigenvalue weighted by atomic mass is 9.70. The number of nitriles is 1. The molecule has 0 aromatic heterocycles. The van der Waals surface area contributed by atoms with Gasteiger partial charge in [0, 0.05) is 17.0 Å². The van der Waals surface area contributed by atoms with Crippen LogP contribution in [0, 0.1) is 11.3 Å². The van der Waals surface area contributed by atoms with E-state index in [1.807, 2.05) is 24.3 Å². The summed E-state index contributed by atoms with van der Waals surface area (Å²) in [5.74, 6) is 0.870. The Morgan fingerprint density at radius 3 is 3.04 bits per heavy atom. The van der Waals surface area contributed by atoms with Crippen molar-refractivity contribution in [3.05, 3.63) is 58.1 Å². The number of hydrogen-bond donors (Lipinski definition) is 1. The third kappa shape index (κ3) is 2.61. The number of nitrogens with one attached hydrogen (secondary N) is 1. The molecule has 1 N–H and O–H groups in total. The van der Waals surface area contributed by atoms with E-state index in [4.69, 9.17) is 21.6 Å². The highest BCUT2D eigenvalue weighted by Gasteiger charge is 2.39. The van der Waals surface area contributed by atoms with Gasteiger partial charge in [-0.2, -0.15) is 5.26 Å². The van der Waals surface area contributed by atoms with Crippen molar-refractivity contribution in [1.29, 1.82) is 5.26 Å². The summed E-state index contributed by atoms with van der Waals surface area (Å²) in [6.45, 7) is 1.50. The van der Waals surface area contributed by atoms with Gasteiger partial charge in [0.25, 0.3) is 0 Å². The van der Waals surface area contributed by atoms with E-state index in [0.29, 0.717) is 13.0 Å². The van der Waals surface area contributed by atoms with Crippen molar-refractivity contribution in [3.63, 3.8) is 0 Å². The van der Waals surface area contributed by atoms with E-state index in [2.05, 4.69) is 23.5 Å². The monoisotopic (exact) mass is 338 g/mol. The highest BCUT2D eigenvalue weighted by Crippen LogP contribution is 2.42. The van der Waals surface area contributed by atoms with Crippen molar-refractivity contribution in [3.8, 4) is 11.8 Å². The van der Waals surface area contributed by atoms with Gasteiger partial charge < -0.3 is 10.1 Å². The Labute approximate surface area is 147 Å². The second-order valence-electron chi connectivity index (χ2n) is 6.74. The maximum atomic E-state index is 8.90. The number of benzene rings is 2. The Kier molecular flexibility index (Phi) is 3.86. The van der Waals surface area contributed by atoms with Crippen LogP contribution in [-0.4, -0.2) is 13.2 Å². The molecule has 4 heteroatoms. The van der Waals surface area contributed by atoms with Crippen molar-refractivity contribution < 1.29 is 4.74 Å². The summed E-state index contributed by atoms with van der Waals surface area (Å²) in [6.07, 6.45) is 3.75. The highest BCUT2D eigenvalue weighted by molar-refractivity contribution is 6.30. The second-order valence-corrected chi connectivity index (χ2v) is 7.18. The Hall–Kier alpha value is -2.18. The van der Waals surface area contributed by atoms with E-state index in [-0.39, 0.29) is 5.41 Å². The molecule has 4 rings (SSSR count). The van der Waals surface area contributed by atoms with Crippen LogP contribution in [0.4, 0.5) is 5.69 Å². The van der Waals surface area contributed by atoms with Crippen molar-refractivity contribution in [1.82, 2.24) is 0 Å². The third-order valence-corrected chi connectivity index (χ3v) is 5.42. The lowest BCUT2D eigenvalue weighted by molar-refractivity contribution is 0.210. The smallest absolute Gasteiger partial charge is 0.142 e. The summed E-state index contributed by atoms with van der Waals surface area (Å²) >= 11 is 6.18. The van der Waals surface area contributed by atoms with E-state index in [9.17, 15) is 0 Å². The van der Waals surface area contributed by atoms with Crippen molar-refractivity contribution >= 4 is 17.3 Å². The van der Waals surface area contributed by atoms with Crippen LogP contribution in [0.15, 0.2) is 36.4 Å². The molecular weight excluding hydrogens is 320 g/mol. The van der Waals surface area contributed by atoms with Gasteiger partial charge in [0.1, 0.15) is 5.75 Å². The molecule has 0 amide bonds. The number of rotatable bonds is 1. The molecule has 0 radical (unpaired) electrons. The van der Waals surface area contributed by atoms with Crippen LogP contribution in [0.5, 0.6) is 5.75 Å². The first-order valence-electron chi connectivity index (χ1n) is 8.36. The average molecular weight is 339 g/mol.